The molecule has 114 valence electrons. The smallest absolute Gasteiger partial charge is 0.243 e. The first-order valence-corrected chi connectivity index (χ1v) is 7.14. The second-order valence-electron chi connectivity index (χ2n) is 4.84. The van der Waals surface area contributed by atoms with E-state index in [2.05, 4.69) is 10.3 Å². The summed E-state index contributed by atoms with van der Waals surface area (Å²) in [7, 11) is 1.67. The molecule has 0 aliphatic heterocycles. The molecule has 0 aromatic carbocycles. The number of hydrogen-bond donors (Lipinski definition) is 1. The minimum Gasteiger partial charge on any atom is -0.383 e. The Labute approximate surface area is 124 Å². The Morgan fingerprint density at radius 1 is 1.43 bits per heavy atom. The largest absolute Gasteiger partial charge is 0.383 e. The highest BCUT2D eigenvalue weighted by molar-refractivity contribution is 5.80. The topological polar surface area (TPSA) is 61.1 Å². The minimum absolute atomic E-state index is 0.0215. The van der Waals surface area contributed by atoms with Crippen molar-refractivity contribution >= 4 is 5.91 Å². The summed E-state index contributed by atoms with van der Waals surface area (Å²) in [5.41, 5.74) is 0.975. The lowest BCUT2D eigenvalue weighted by Crippen LogP contribution is -2.32. The lowest BCUT2D eigenvalue weighted by atomic mass is 10.2. The molecule has 0 aliphatic carbocycles. The van der Waals surface area contributed by atoms with Crippen LogP contribution in [0.2, 0.25) is 0 Å². The quantitative estimate of drug-likeness (QED) is 0.803. The first kappa shape index (κ1) is 15.3. The summed E-state index contributed by atoms with van der Waals surface area (Å²) in [6, 6.07) is 3.68. The van der Waals surface area contributed by atoms with Crippen molar-refractivity contribution in [1.82, 2.24) is 19.4 Å². The zero-order valence-electron chi connectivity index (χ0n) is 12.5. The van der Waals surface area contributed by atoms with Crippen LogP contribution in [0, 0.1) is 0 Å². The van der Waals surface area contributed by atoms with Crippen molar-refractivity contribution in [3.63, 3.8) is 0 Å². The SMILES string of the molecule is CC[C@H](C(=O)NCc1cncn1CCOC)n1cccc1. The summed E-state index contributed by atoms with van der Waals surface area (Å²) in [6.45, 7) is 3.84. The number of hydrogen-bond acceptors (Lipinski definition) is 3. The van der Waals surface area contributed by atoms with Crippen LogP contribution in [-0.2, 0) is 22.6 Å². The Morgan fingerprint density at radius 3 is 2.86 bits per heavy atom. The van der Waals surface area contributed by atoms with Crippen LogP contribution >= 0.6 is 0 Å². The van der Waals surface area contributed by atoms with E-state index < -0.39 is 0 Å². The fourth-order valence-corrected chi connectivity index (χ4v) is 2.27. The predicted octanol–water partition coefficient (Wildman–Crippen LogP) is 1.60. The Kier molecular flexibility index (Phi) is 5.57. The number of nitrogens with one attached hydrogen (secondary N) is 1. The van der Waals surface area contributed by atoms with Gasteiger partial charge in [0.05, 0.1) is 25.2 Å². The molecule has 2 rings (SSSR count). The van der Waals surface area contributed by atoms with Crippen LogP contribution in [0.25, 0.3) is 0 Å². The number of nitrogens with zero attached hydrogens (tertiary/aromatic N) is 3. The maximum absolute atomic E-state index is 12.3. The van der Waals surface area contributed by atoms with Crippen LogP contribution in [0.4, 0.5) is 0 Å². The van der Waals surface area contributed by atoms with E-state index in [4.69, 9.17) is 4.74 Å². The third-order valence-corrected chi connectivity index (χ3v) is 3.46. The molecule has 1 N–H and O–H groups in total. The Morgan fingerprint density at radius 2 is 2.19 bits per heavy atom. The maximum atomic E-state index is 12.3. The Hall–Kier alpha value is -2.08. The van der Waals surface area contributed by atoms with Gasteiger partial charge in [-0.05, 0) is 18.6 Å². The van der Waals surface area contributed by atoms with Crippen molar-refractivity contribution in [1.29, 1.82) is 0 Å². The number of rotatable bonds is 8. The van der Waals surface area contributed by atoms with Gasteiger partial charge in [-0.1, -0.05) is 6.92 Å². The van der Waals surface area contributed by atoms with Crippen molar-refractivity contribution in [3.05, 3.63) is 42.7 Å². The van der Waals surface area contributed by atoms with Crippen molar-refractivity contribution in [3.8, 4) is 0 Å². The number of amides is 1. The first-order valence-electron chi connectivity index (χ1n) is 7.14. The van der Waals surface area contributed by atoms with Gasteiger partial charge in [-0.15, -0.1) is 0 Å². The first-order chi connectivity index (χ1) is 10.3. The molecule has 1 amide bonds. The number of methoxy groups -OCH3 is 1. The molecule has 1 atom stereocenters. The highest BCUT2D eigenvalue weighted by Gasteiger charge is 2.17. The standard InChI is InChI=1S/C15H22N4O2/c1-3-14(18-6-4-5-7-18)15(20)17-11-13-10-16-12-19(13)8-9-21-2/h4-7,10,12,14H,3,8-9,11H2,1-2H3,(H,17,20)/t14-/m1/s1. The molecule has 0 fully saturated rings. The average molecular weight is 290 g/mol. The van der Waals surface area contributed by atoms with Gasteiger partial charge < -0.3 is 19.2 Å². The lowest BCUT2D eigenvalue weighted by Gasteiger charge is -2.17. The van der Waals surface area contributed by atoms with Gasteiger partial charge in [0.1, 0.15) is 6.04 Å². The summed E-state index contributed by atoms with van der Waals surface area (Å²) in [4.78, 5) is 16.4. The molecule has 2 aromatic rings. The van der Waals surface area contributed by atoms with Crippen LogP contribution in [0.1, 0.15) is 25.1 Å². The molecule has 0 bridgehead atoms. The number of aromatic nitrogens is 3. The maximum Gasteiger partial charge on any atom is 0.243 e. The van der Waals surface area contributed by atoms with E-state index in [0.717, 1.165) is 18.7 Å². The van der Waals surface area contributed by atoms with E-state index in [1.54, 1.807) is 19.6 Å². The molecule has 6 nitrogen and oxygen atoms in total. The van der Waals surface area contributed by atoms with Crippen molar-refractivity contribution in [2.75, 3.05) is 13.7 Å². The molecular formula is C15H22N4O2. The van der Waals surface area contributed by atoms with E-state index >= 15 is 0 Å². The van der Waals surface area contributed by atoms with Gasteiger partial charge in [-0.25, -0.2) is 4.98 Å². The van der Waals surface area contributed by atoms with Gasteiger partial charge in [0.2, 0.25) is 5.91 Å². The van der Waals surface area contributed by atoms with Crippen molar-refractivity contribution < 1.29 is 9.53 Å². The summed E-state index contributed by atoms with van der Waals surface area (Å²) < 4.78 is 8.98. The molecule has 2 heterocycles. The van der Waals surface area contributed by atoms with Gasteiger partial charge >= 0.3 is 0 Å². The minimum atomic E-state index is -0.171. The normalized spacial score (nSPS) is 12.3. The van der Waals surface area contributed by atoms with E-state index in [1.807, 2.05) is 40.6 Å². The summed E-state index contributed by atoms with van der Waals surface area (Å²) in [5.74, 6) is 0.0215. The van der Waals surface area contributed by atoms with E-state index in [9.17, 15) is 4.79 Å². The molecule has 21 heavy (non-hydrogen) atoms. The fourth-order valence-electron chi connectivity index (χ4n) is 2.27. The van der Waals surface area contributed by atoms with Crippen LogP contribution in [-0.4, -0.2) is 33.7 Å². The van der Waals surface area contributed by atoms with Crippen molar-refractivity contribution in [2.45, 2.75) is 32.5 Å². The monoisotopic (exact) mass is 290 g/mol. The molecule has 0 unspecified atom stereocenters. The second-order valence-corrected chi connectivity index (χ2v) is 4.84. The predicted molar refractivity (Wildman–Crippen MR) is 79.7 cm³/mol. The molecular weight excluding hydrogens is 268 g/mol. The van der Waals surface area contributed by atoms with E-state index in [1.165, 1.54) is 0 Å². The van der Waals surface area contributed by atoms with Gasteiger partial charge in [0.15, 0.2) is 0 Å². The van der Waals surface area contributed by atoms with Gasteiger partial charge in [-0.2, -0.15) is 0 Å². The molecule has 6 heteroatoms. The molecule has 0 saturated heterocycles. The number of carbonyl (C=O) groups is 1. The lowest BCUT2D eigenvalue weighted by molar-refractivity contribution is -0.124. The highest BCUT2D eigenvalue weighted by atomic mass is 16.5. The van der Waals surface area contributed by atoms with Gasteiger partial charge in [-0.3, -0.25) is 4.79 Å². The molecule has 0 aliphatic rings. The zero-order chi connectivity index (χ0) is 15.1. The third-order valence-electron chi connectivity index (χ3n) is 3.46. The van der Waals surface area contributed by atoms with E-state index in [-0.39, 0.29) is 11.9 Å². The van der Waals surface area contributed by atoms with Crippen LogP contribution in [0.3, 0.4) is 0 Å². The average Bonchev–Trinajstić information content (AvgIpc) is 3.15. The van der Waals surface area contributed by atoms with Crippen molar-refractivity contribution in [2.24, 2.45) is 0 Å². The van der Waals surface area contributed by atoms with Gasteiger partial charge in [0, 0.05) is 32.2 Å². The summed E-state index contributed by atoms with van der Waals surface area (Å²) in [6.07, 6.45) is 8.10. The van der Waals surface area contributed by atoms with E-state index in [0.29, 0.717) is 13.2 Å². The van der Waals surface area contributed by atoms with Gasteiger partial charge in [0.25, 0.3) is 0 Å². The van der Waals surface area contributed by atoms with Crippen LogP contribution in [0.15, 0.2) is 37.1 Å². The number of ether oxygens (including phenoxy) is 1. The Bertz CT molecular complexity index is 548. The highest BCUT2D eigenvalue weighted by Crippen LogP contribution is 2.12. The molecule has 2 aromatic heterocycles. The summed E-state index contributed by atoms with van der Waals surface area (Å²) in [5, 5.41) is 2.98. The zero-order valence-corrected chi connectivity index (χ0v) is 12.5. The molecule has 0 saturated carbocycles. The fraction of sp³-hybridized carbons (Fsp3) is 0.467. The number of imidazole rings is 1. The Balaban J connectivity index is 1.93. The van der Waals surface area contributed by atoms with Crippen LogP contribution < -0.4 is 5.32 Å². The number of carbonyl (C=O) groups excluding carboxylic acids is 1. The molecule has 0 radical (unpaired) electrons. The summed E-state index contributed by atoms with van der Waals surface area (Å²) >= 11 is 0. The second kappa shape index (κ2) is 7.64. The molecule has 0 spiro atoms. The van der Waals surface area contributed by atoms with Crippen LogP contribution in [0.5, 0.6) is 0 Å². The third kappa shape index (κ3) is 3.95.